The van der Waals surface area contributed by atoms with Gasteiger partial charge in [-0.15, -0.1) is 0 Å². The predicted molar refractivity (Wildman–Crippen MR) is 50.7 cm³/mol. The van der Waals surface area contributed by atoms with Crippen molar-refractivity contribution in [3.63, 3.8) is 0 Å². The SMILES string of the molecule is S=[C-]Sc1ccccc1.[Cl-].[Mg+2]. The molecule has 0 spiro atoms. The van der Waals surface area contributed by atoms with Crippen LogP contribution in [0.3, 0.4) is 0 Å². The van der Waals surface area contributed by atoms with Gasteiger partial charge >= 0.3 is 23.1 Å². The van der Waals surface area contributed by atoms with Gasteiger partial charge in [-0.3, -0.25) is 0 Å². The smallest absolute Gasteiger partial charge is 1.00 e. The van der Waals surface area contributed by atoms with Crippen molar-refractivity contribution in [3.8, 4) is 0 Å². The average molecular weight is 213 g/mol. The number of halogens is 1. The van der Waals surface area contributed by atoms with Gasteiger partial charge in [-0.1, -0.05) is 30.3 Å². The molecule has 0 heterocycles. The molecule has 0 bridgehead atoms. The maximum absolute atomic E-state index is 4.55. The van der Waals surface area contributed by atoms with E-state index in [1.165, 1.54) is 11.8 Å². The molecule has 1 aromatic carbocycles. The van der Waals surface area contributed by atoms with Crippen LogP contribution in [0.15, 0.2) is 35.2 Å². The van der Waals surface area contributed by atoms with E-state index in [1.54, 1.807) is 0 Å². The van der Waals surface area contributed by atoms with Crippen molar-refractivity contribution in [2.75, 3.05) is 0 Å². The van der Waals surface area contributed by atoms with Crippen LogP contribution in [0.25, 0.3) is 0 Å². The fraction of sp³-hybridized carbons (Fsp3) is 0. The number of hydrogen-bond donors (Lipinski definition) is 0. The fourth-order valence-corrected chi connectivity index (χ4v) is 1.21. The third-order valence-electron chi connectivity index (χ3n) is 0.903. The summed E-state index contributed by atoms with van der Waals surface area (Å²) in [5.41, 5.74) is 0. The van der Waals surface area contributed by atoms with Gasteiger partial charge in [0.25, 0.3) is 0 Å². The topological polar surface area (TPSA) is 0 Å². The molecule has 0 atom stereocenters. The molecular weight excluding hydrogens is 208 g/mol. The number of thiocarbonyl (C=S) groups is 1. The minimum absolute atomic E-state index is 0. The van der Waals surface area contributed by atoms with E-state index >= 15 is 0 Å². The Hall–Kier alpha value is 0.716. The third-order valence-corrected chi connectivity index (χ3v) is 1.74. The Labute approximate surface area is 98.7 Å². The van der Waals surface area contributed by atoms with Crippen LogP contribution in [0.4, 0.5) is 0 Å². The van der Waals surface area contributed by atoms with Gasteiger partial charge in [0.2, 0.25) is 0 Å². The van der Waals surface area contributed by atoms with Crippen molar-refractivity contribution < 1.29 is 12.4 Å². The zero-order valence-electron chi connectivity index (χ0n) is 5.79. The van der Waals surface area contributed by atoms with Gasteiger partial charge in [-0.05, 0) is 4.90 Å². The summed E-state index contributed by atoms with van der Waals surface area (Å²) in [5, 5.41) is 0. The summed E-state index contributed by atoms with van der Waals surface area (Å²) in [7, 11) is 0. The maximum atomic E-state index is 4.55. The van der Waals surface area contributed by atoms with Crippen molar-refractivity contribution in [2.45, 2.75) is 4.90 Å². The van der Waals surface area contributed by atoms with Crippen molar-refractivity contribution in [1.82, 2.24) is 0 Å². The van der Waals surface area contributed by atoms with Crippen LogP contribution in [0.1, 0.15) is 0 Å². The number of thioether (sulfide) groups is 1. The van der Waals surface area contributed by atoms with Crippen LogP contribution in [-0.2, 0) is 0 Å². The van der Waals surface area contributed by atoms with Crippen molar-refractivity contribution in [2.24, 2.45) is 0 Å². The van der Waals surface area contributed by atoms with E-state index < -0.39 is 0 Å². The van der Waals surface area contributed by atoms with Gasteiger partial charge in [0.15, 0.2) is 0 Å². The first kappa shape index (κ1) is 14.3. The molecule has 0 aliphatic heterocycles. The second-order valence-corrected chi connectivity index (χ2v) is 2.84. The van der Waals surface area contributed by atoms with E-state index in [4.69, 9.17) is 0 Å². The first-order valence-corrected chi connectivity index (χ1v) is 3.75. The Morgan fingerprint density at radius 2 is 1.73 bits per heavy atom. The summed E-state index contributed by atoms with van der Waals surface area (Å²) in [5.74, 6) is 0. The van der Waals surface area contributed by atoms with E-state index in [1.807, 2.05) is 30.3 Å². The largest absolute Gasteiger partial charge is 2.00 e. The van der Waals surface area contributed by atoms with Crippen LogP contribution in [0, 0.1) is 0 Å². The second kappa shape index (κ2) is 8.81. The Morgan fingerprint density at radius 1 is 1.18 bits per heavy atom. The molecule has 0 nitrogen and oxygen atoms in total. The molecule has 1 rings (SSSR count). The van der Waals surface area contributed by atoms with Gasteiger partial charge in [-0.2, -0.15) is 0 Å². The van der Waals surface area contributed by atoms with Crippen LogP contribution >= 0.6 is 24.0 Å². The molecule has 11 heavy (non-hydrogen) atoms. The predicted octanol–water partition coefficient (Wildman–Crippen LogP) is -0.764. The minimum Gasteiger partial charge on any atom is -1.00 e. The van der Waals surface area contributed by atoms with Crippen molar-refractivity contribution in [1.29, 1.82) is 0 Å². The van der Waals surface area contributed by atoms with Crippen LogP contribution in [0.5, 0.6) is 0 Å². The van der Waals surface area contributed by atoms with Gasteiger partial charge in [0, 0.05) is 0 Å². The molecule has 1 aromatic rings. The molecule has 54 valence electrons. The van der Waals surface area contributed by atoms with E-state index in [2.05, 4.69) is 16.9 Å². The van der Waals surface area contributed by atoms with Crippen molar-refractivity contribution >= 4 is 51.7 Å². The Morgan fingerprint density at radius 3 is 2.18 bits per heavy atom. The Bertz CT molecular complexity index is 191. The Balaban J connectivity index is 0. The molecular formula is C7H5ClMgS2. The molecule has 0 N–H and O–H groups in total. The van der Waals surface area contributed by atoms with Crippen LogP contribution in [-0.4, -0.2) is 27.8 Å². The first-order chi connectivity index (χ1) is 4.43. The quantitative estimate of drug-likeness (QED) is 0.274. The van der Waals surface area contributed by atoms with E-state index in [-0.39, 0.29) is 35.5 Å². The van der Waals surface area contributed by atoms with Gasteiger partial charge in [-0.25, -0.2) is 0 Å². The zero-order valence-corrected chi connectivity index (χ0v) is 9.59. The van der Waals surface area contributed by atoms with Crippen molar-refractivity contribution in [3.05, 3.63) is 30.3 Å². The molecule has 0 amide bonds. The molecule has 4 heteroatoms. The third kappa shape index (κ3) is 5.93. The molecule has 0 unspecified atom stereocenters. The van der Waals surface area contributed by atoms with Crippen LogP contribution in [0.2, 0.25) is 0 Å². The summed E-state index contributed by atoms with van der Waals surface area (Å²) < 4.78 is 2.58. The number of benzene rings is 1. The fourth-order valence-electron chi connectivity index (χ4n) is 0.537. The monoisotopic (exact) mass is 212 g/mol. The summed E-state index contributed by atoms with van der Waals surface area (Å²) >= 11 is 5.99. The second-order valence-electron chi connectivity index (χ2n) is 1.50. The average Bonchev–Trinajstić information content (AvgIpc) is 1.91. The van der Waals surface area contributed by atoms with Crippen LogP contribution < -0.4 is 12.4 Å². The first-order valence-electron chi connectivity index (χ1n) is 2.52. The molecule has 0 saturated carbocycles. The normalized spacial score (nSPS) is 7.27. The summed E-state index contributed by atoms with van der Waals surface area (Å²) in [4.78, 5) is 1.15. The Kier molecular flexibility index (Phi) is 11.4. The van der Waals surface area contributed by atoms with E-state index in [9.17, 15) is 0 Å². The summed E-state index contributed by atoms with van der Waals surface area (Å²) in [6.45, 7) is 0. The maximum Gasteiger partial charge on any atom is 2.00 e. The molecule has 0 aromatic heterocycles. The zero-order chi connectivity index (χ0) is 6.53. The van der Waals surface area contributed by atoms with E-state index in [0.29, 0.717) is 0 Å². The standard InChI is InChI=1S/C7H5S2.ClH.Mg/c8-6-9-7-4-2-1-3-5-7;;/h1-5H;1H;/q-1;;+2/p-1. The van der Waals surface area contributed by atoms with Gasteiger partial charge in [0.1, 0.15) is 0 Å². The molecule has 0 aliphatic rings. The molecule has 0 aliphatic carbocycles. The van der Waals surface area contributed by atoms with Gasteiger partial charge in [0.05, 0.1) is 0 Å². The number of rotatable bonds is 2. The van der Waals surface area contributed by atoms with Gasteiger partial charge < -0.3 is 41.1 Å². The molecule has 0 fully saturated rings. The number of hydrogen-bond acceptors (Lipinski definition) is 2. The summed E-state index contributed by atoms with van der Waals surface area (Å²) in [6.07, 6.45) is 0. The molecule has 0 radical (unpaired) electrons. The van der Waals surface area contributed by atoms with E-state index in [0.717, 1.165) is 4.90 Å². The molecule has 0 saturated heterocycles. The minimum atomic E-state index is 0. The summed E-state index contributed by atoms with van der Waals surface area (Å²) in [6, 6.07) is 9.95.